The number of benzene rings is 2. The molecule has 9 nitrogen and oxygen atoms in total. The van der Waals surface area contributed by atoms with Gasteiger partial charge in [0.25, 0.3) is 0 Å². The molecule has 0 atom stereocenters. The third kappa shape index (κ3) is 5.20. The third-order valence-corrected chi connectivity index (χ3v) is 5.67. The summed E-state index contributed by atoms with van der Waals surface area (Å²) in [7, 11) is 4.54. The molecule has 2 heterocycles. The summed E-state index contributed by atoms with van der Waals surface area (Å²) in [5, 5.41) is 3.06. The molecule has 35 heavy (non-hydrogen) atoms. The van der Waals surface area contributed by atoms with Gasteiger partial charge in [0.15, 0.2) is 5.82 Å². The van der Waals surface area contributed by atoms with Gasteiger partial charge < -0.3 is 19.5 Å². The molecule has 0 saturated heterocycles. The second-order valence-electron chi connectivity index (χ2n) is 7.53. The molecule has 1 aliphatic heterocycles. The number of hydrogen-bond donors (Lipinski definition) is 1. The Kier molecular flexibility index (Phi) is 7.17. The van der Waals surface area contributed by atoms with Gasteiger partial charge in [0.1, 0.15) is 29.5 Å². The molecule has 0 radical (unpaired) electrons. The molecule has 0 unspecified atom stereocenters. The first-order valence-electron chi connectivity index (χ1n) is 10.6. The highest BCUT2D eigenvalue weighted by atomic mass is 35.5. The van der Waals surface area contributed by atoms with E-state index in [1.54, 1.807) is 43.6 Å². The predicted molar refractivity (Wildman–Crippen MR) is 134 cm³/mol. The number of fused-ring (bicyclic) bond motifs is 1. The normalized spacial score (nSPS) is 12.9. The van der Waals surface area contributed by atoms with Crippen LogP contribution in [0.15, 0.2) is 59.7 Å². The van der Waals surface area contributed by atoms with Crippen LogP contribution in [0.5, 0.6) is 17.2 Å². The van der Waals surface area contributed by atoms with Gasteiger partial charge in [0.05, 0.1) is 44.2 Å². The summed E-state index contributed by atoms with van der Waals surface area (Å²) in [5.41, 5.74) is 2.18. The van der Waals surface area contributed by atoms with E-state index in [1.165, 1.54) is 25.2 Å². The van der Waals surface area contributed by atoms with Gasteiger partial charge >= 0.3 is 0 Å². The molecule has 0 aliphatic carbocycles. The van der Waals surface area contributed by atoms with E-state index in [-0.39, 0.29) is 18.9 Å². The number of aliphatic imine (C=N–C) groups is 1. The molecule has 0 saturated carbocycles. The predicted octanol–water partition coefficient (Wildman–Crippen LogP) is 4.26. The molecule has 10 heteroatoms. The Morgan fingerprint density at radius 1 is 1.06 bits per heavy atom. The number of rotatable bonds is 7. The van der Waals surface area contributed by atoms with Crippen molar-refractivity contribution >= 4 is 46.3 Å². The van der Waals surface area contributed by atoms with Crippen molar-refractivity contribution in [1.29, 1.82) is 0 Å². The second kappa shape index (κ2) is 10.4. The minimum Gasteiger partial charge on any atom is -0.497 e. The Balaban J connectivity index is 1.59. The van der Waals surface area contributed by atoms with Crippen LogP contribution in [-0.4, -0.2) is 50.4 Å². The molecular weight excluding hydrogens is 472 g/mol. The molecule has 1 aliphatic rings. The summed E-state index contributed by atoms with van der Waals surface area (Å²) in [6.45, 7) is -0.277. The number of halogens is 1. The Morgan fingerprint density at radius 3 is 2.49 bits per heavy atom. The van der Waals surface area contributed by atoms with Gasteiger partial charge in [-0.05, 0) is 48.0 Å². The van der Waals surface area contributed by atoms with Crippen LogP contribution >= 0.6 is 11.6 Å². The van der Waals surface area contributed by atoms with Gasteiger partial charge in [-0.1, -0.05) is 11.6 Å². The van der Waals surface area contributed by atoms with Crippen molar-refractivity contribution in [2.75, 3.05) is 38.1 Å². The molecule has 3 aromatic rings. The quantitative estimate of drug-likeness (QED) is 0.526. The minimum absolute atomic E-state index is 0.00630. The number of nitrogens with zero attached hydrogens (tertiary/aromatic N) is 3. The van der Waals surface area contributed by atoms with Crippen LogP contribution in [0, 0.1) is 0 Å². The van der Waals surface area contributed by atoms with Crippen LogP contribution in [-0.2, 0) is 9.59 Å². The zero-order chi connectivity index (χ0) is 24.9. The molecule has 1 aromatic heterocycles. The van der Waals surface area contributed by atoms with Crippen LogP contribution in [0.3, 0.4) is 0 Å². The lowest BCUT2D eigenvalue weighted by Crippen LogP contribution is -2.39. The molecule has 180 valence electrons. The zero-order valence-corrected chi connectivity index (χ0v) is 20.1. The van der Waals surface area contributed by atoms with Gasteiger partial charge in [-0.3, -0.25) is 14.5 Å². The summed E-state index contributed by atoms with van der Waals surface area (Å²) in [6, 6.07) is 13.9. The van der Waals surface area contributed by atoms with Gasteiger partial charge in [0, 0.05) is 12.3 Å². The molecule has 1 N–H and O–H groups in total. The largest absolute Gasteiger partial charge is 0.497 e. The fourth-order valence-corrected chi connectivity index (χ4v) is 3.87. The molecule has 0 fully saturated rings. The summed E-state index contributed by atoms with van der Waals surface area (Å²) in [4.78, 5) is 36.6. The molecule has 2 amide bonds. The first-order valence-corrected chi connectivity index (χ1v) is 11.0. The van der Waals surface area contributed by atoms with Crippen LogP contribution in [0.2, 0.25) is 5.02 Å². The van der Waals surface area contributed by atoms with E-state index in [9.17, 15) is 9.59 Å². The molecule has 2 aromatic carbocycles. The SMILES string of the molecule is COc1ccc(C2=Nc3cccnc3N(CC(=O)Nc3cc(Cl)c(OC)cc3OC)C(=O)C2)cc1. The first-order chi connectivity index (χ1) is 16.9. The van der Waals surface area contributed by atoms with Crippen LogP contribution in [0.25, 0.3) is 0 Å². The van der Waals surface area contributed by atoms with E-state index in [2.05, 4.69) is 15.3 Å². The standard InChI is InChI=1S/C25H23ClN4O5/c1-33-16-8-6-15(7-9-16)19-12-24(32)30(25-18(28-19)5-4-10-27-25)14-23(31)29-20-11-17(26)21(34-2)13-22(20)35-3/h4-11,13H,12,14H2,1-3H3,(H,29,31). The fourth-order valence-electron chi connectivity index (χ4n) is 3.63. The number of methoxy groups -OCH3 is 3. The lowest BCUT2D eigenvalue weighted by molar-refractivity contribution is -0.120. The lowest BCUT2D eigenvalue weighted by Gasteiger charge is -2.21. The average Bonchev–Trinajstić information content (AvgIpc) is 3.00. The highest BCUT2D eigenvalue weighted by Gasteiger charge is 2.28. The van der Waals surface area contributed by atoms with Crippen LogP contribution in [0.4, 0.5) is 17.2 Å². The number of pyridine rings is 1. The van der Waals surface area contributed by atoms with Gasteiger partial charge in [-0.2, -0.15) is 0 Å². The van der Waals surface area contributed by atoms with Crippen molar-refractivity contribution in [3.63, 3.8) is 0 Å². The Bertz CT molecular complexity index is 1290. The van der Waals surface area contributed by atoms with E-state index in [0.717, 1.165) is 5.56 Å². The van der Waals surface area contributed by atoms with Crippen LogP contribution in [0.1, 0.15) is 12.0 Å². The third-order valence-electron chi connectivity index (χ3n) is 5.37. The molecule has 0 bridgehead atoms. The lowest BCUT2D eigenvalue weighted by atomic mass is 10.1. The van der Waals surface area contributed by atoms with E-state index >= 15 is 0 Å². The number of ether oxygens (including phenoxy) is 3. The maximum Gasteiger partial charge on any atom is 0.244 e. The monoisotopic (exact) mass is 494 g/mol. The van der Waals surface area contributed by atoms with Crippen molar-refractivity contribution in [2.45, 2.75) is 6.42 Å². The van der Waals surface area contributed by atoms with Crippen molar-refractivity contribution in [3.8, 4) is 17.2 Å². The number of nitrogens with one attached hydrogen (secondary N) is 1. The van der Waals surface area contributed by atoms with E-state index in [0.29, 0.717) is 45.2 Å². The fraction of sp³-hybridized carbons (Fsp3) is 0.200. The van der Waals surface area contributed by atoms with Crippen molar-refractivity contribution in [2.24, 2.45) is 4.99 Å². The highest BCUT2D eigenvalue weighted by molar-refractivity contribution is 6.32. The first kappa shape index (κ1) is 24.0. The molecule has 0 spiro atoms. The number of carbonyl (C=O) groups is 2. The summed E-state index contributed by atoms with van der Waals surface area (Å²) >= 11 is 6.21. The maximum absolute atomic E-state index is 13.3. The average molecular weight is 495 g/mol. The Morgan fingerprint density at radius 2 is 1.80 bits per heavy atom. The number of amides is 2. The smallest absolute Gasteiger partial charge is 0.244 e. The van der Waals surface area contributed by atoms with Gasteiger partial charge in [0.2, 0.25) is 11.8 Å². The second-order valence-corrected chi connectivity index (χ2v) is 7.93. The van der Waals surface area contributed by atoms with Crippen molar-refractivity contribution in [1.82, 2.24) is 4.98 Å². The topological polar surface area (TPSA) is 102 Å². The van der Waals surface area contributed by atoms with Crippen molar-refractivity contribution in [3.05, 3.63) is 65.3 Å². The zero-order valence-electron chi connectivity index (χ0n) is 19.4. The highest BCUT2D eigenvalue weighted by Crippen LogP contribution is 2.36. The number of anilines is 2. The van der Waals surface area contributed by atoms with E-state index < -0.39 is 5.91 Å². The molecule has 4 rings (SSSR count). The summed E-state index contributed by atoms with van der Waals surface area (Å²) < 4.78 is 15.7. The number of aromatic nitrogens is 1. The maximum atomic E-state index is 13.3. The Labute approximate surface area is 207 Å². The van der Waals surface area contributed by atoms with E-state index in [1.807, 2.05) is 12.1 Å². The van der Waals surface area contributed by atoms with Gasteiger partial charge in [-0.25, -0.2) is 9.98 Å². The van der Waals surface area contributed by atoms with Crippen LogP contribution < -0.4 is 24.4 Å². The molecular formula is C25H23ClN4O5. The van der Waals surface area contributed by atoms with E-state index in [4.69, 9.17) is 25.8 Å². The number of carbonyl (C=O) groups excluding carboxylic acids is 2. The van der Waals surface area contributed by atoms with Gasteiger partial charge in [-0.15, -0.1) is 0 Å². The Hall–Kier alpha value is -4.11. The van der Waals surface area contributed by atoms with Crippen molar-refractivity contribution < 1.29 is 23.8 Å². The summed E-state index contributed by atoms with van der Waals surface area (Å²) in [5.74, 6) is 1.00. The number of hydrogen-bond acceptors (Lipinski definition) is 7. The summed E-state index contributed by atoms with van der Waals surface area (Å²) in [6.07, 6.45) is 1.55. The minimum atomic E-state index is -0.456.